The molecule has 1 unspecified atom stereocenters. The molecule has 1 atom stereocenters. The third-order valence-electron chi connectivity index (χ3n) is 3.70. The largest absolute Gasteiger partial charge is 0.368 e. The third kappa shape index (κ3) is 3.33. The van der Waals surface area contributed by atoms with Gasteiger partial charge in [0, 0.05) is 17.8 Å². The highest BCUT2D eigenvalue weighted by Gasteiger charge is 2.15. The zero-order valence-corrected chi connectivity index (χ0v) is 12.8. The van der Waals surface area contributed by atoms with E-state index in [2.05, 4.69) is 49.2 Å². The van der Waals surface area contributed by atoms with Crippen LogP contribution >= 0.6 is 11.6 Å². The molecule has 0 bridgehead atoms. The number of para-hydroxylation sites is 1. The molecule has 0 saturated carbocycles. The molecule has 20 heavy (non-hydrogen) atoms. The van der Waals surface area contributed by atoms with E-state index in [4.69, 9.17) is 17.3 Å². The summed E-state index contributed by atoms with van der Waals surface area (Å²) in [5, 5.41) is 0.776. The number of halogens is 1. The minimum Gasteiger partial charge on any atom is -0.368 e. The van der Waals surface area contributed by atoms with Crippen LogP contribution < -0.4 is 10.6 Å². The molecule has 0 amide bonds. The lowest BCUT2D eigenvalue weighted by Gasteiger charge is -2.29. The average Bonchev–Trinajstić information content (AvgIpc) is 2.47. The highest BCUT2D eigenvalue weighted by Crippen LogP contribution is 2.29. The smallest absolute Gasteiger partial charge is 0.0511 e. The van der Waals surface area contributed by atoms with Gasteiger partial charge in [-0.05, 0) is 49.2 Å². The van der Waals surface area contributed by atoms with Crippen molar-refractivity contribution in [2.24, 2.45) is 5.73 Å². The summed E-state index contributed by atoms with van der Waals surface area (Å²) in [6, 6.07) is 16.7. The van der Waals surface area contributed by atoms with E-state index in [1.807, 2.05) is 18.2 Å². The monoisotopic (exact) mass is 288 g/mol. The van der Waals surface area contributed by atoms with Crippen LogP contribution in [0.3, 0.4) is 0 Å². The second-order valence-corrected chi connectivity index (χ2v) is 5.45. The maximum Gasteiger partial charge on any atom is 0.0511 e. The lowest BCUT2D eigenvalue weighted by molar-refractivity contribution is 0.734. The summed E-state index contributed by atoms with van der Waals surface area (Å²) in [6.07, 6.45) is 0.892. The maximum absolute atomic E-state index is 6.09. The molecule has 106 valence electrons. The second-order valence-electron chi connectivity index (χ2n) is 5.01. The van der Waals surface area contributed by atoms with Crippen molar-refractivity contribution >= 4 is 17.3 Å². The van der Waals surface area contributed by atoms with Gasteiger partial charge in [-0.3, -0.25) is 0 Å². The van der Waals surface area contributed by atoms with Crippen LogP contribution in [-0.4, -0.2) is 13.6 Å². The van der Waals surface area contributed by atoms with Crippen LogP contribution in [0, 0.1) is 0 Å². The van der Waals surface area contributed by atoms with Crippen LogP contribution in [0.5, 0.6) is 0 Å². The predicted octanol–water partition coefficient (Wildman–Crippen LogP) is 4.04. The van der Waals surface area contributed by atoms with Gasteiger partial charge in [-0.15, -0.1) is 0 Å². The predicted molar refractivity (Wildman–Crippen MR) is 87.5 cm³/mol. The van der Waals surface area contributed by atoms with Crippen LogP contribution in [0.1, 0.15) is 24.1 Å². The molecule has 2 N–H and O–H groups in total. The summed E-state index contributed by atoms with van der Waals surface area (Å²) in [4.78, 5) is 2.27. The Labute approximate surface area is 126 Å². The van der Waals surface area contributed by atoms with E-state index in [-0.39, 0.29) is 6.04 Å². The van der Waals surface area contributed by atoms with Crippen molar-refractivity contribution in [2.75, 3.05) is 18.5 Å². The highest BCUT2D eigenvalue weighted by molar-refractivity contribution is 6.30. The van der Waals surface area contributed by atoms with Gasteiger partial charge < -0.3 is 10.6 Å². The Balaban J connectivity index is 2.28. The number of nitrogens with zero attached hydrogens (tertiary/aromatic N) is 1. The van der Waals surface area contributed by atoms with Gasteiger partial charge in [-0.2, -0.15) is 0 Å². The highest BCUT2D eigenvalue weighted by atomic mass is 35.5. The fourth-order valence-electron chi connectivity index (χ4n) is 2.42. The first-order chi connectivity index (χ1) is 9.63. The summed E-state index contributed by atoms with van der Waals surface area (Å²) in [5.74, 6) is 0. The Morgan fingerprint density at radius 2 is 1.90 bits per heavy atom. The van der Waals surface area contributed by atoms with Gasteiger partial charge in [0.05, 0.1) is 6.04 Å². The summed E-state index contributed by atoms with van der Waals surface area (Å²) >= 11 is 6.09. The van der Waals surface area contributed by atoms with Crippen molar-refractivity contribution in [1.29, 1.82) is 0 Å². The van der Waals surface area contributed by atoms with Gasteiger partial charge in [-0.25, -0.2) is 0 Å². The normalized spacial score (nSPS) is 12.2. The van der Waals surface area contributed by atoms with Gasteiger partial charge in [0.15, 0.2) is 0 Å². The van der Waals surface area contributed by atoms with E-state index >= 15 is 0 Å². The van der Waals surface area contributed by atoms with Crippen molar-refractivity contribution in [1.82, 2.24) is 0 Å². The quantitative estimate of drug-likeness (QED) is 0.900. The van der Waals surface area contributed by atoms with E-state index < -0.39 is 0 Å². The third-order valence-corrected chi connectivity index (χ3v) is 3.93. The summed E-state index contributed by atoms with van der Waals surface area (Å²) in [7, 11) is 2.11. The maximum atomic E-state index is 6.09. The van der Waals surface area contributed by atoms with Gasteiger partial charge in [0.25, 0.3) is 0 Å². The average molecular weight is 289 g/mol. The SMILES string of the molecule is CC(c1cccc(Cl)c1)N(C)c1ccccc1CCN. The Morgan fingerprint density at radius 3 is 2.60 bits per heavy atom. The van der Waals surface area contributed by atoms with Crippen molar-refractivity contribution < 1.29 is 0 Å². The summed E-state index contributed by atoms with van der Waals surface area (Å²) < 4.78 is 0. The second kappa shape index (κ2) is 6.78. The van der Waals surface area contributed by atoms with Crippen molar-refractivity contribution in [3.63, 3.8) is 0 Å². The first-order valence-electron chi connectivity index (χ1n) is 6.89. The summed E-state index contributed by atoms with van der Waals surface area (Å²) in [5.41, 5.74) is 9.42. The van der Waals surface area contributed by atoms with E-state index in [0.717, 1.165) is 11.4 Å². The number of nitrogens with two attached hydrogens (primary N) is 1. The lowest BCUT2D eigenvalue weighted by atomic mass is 10.0. The topological polar surface area (TPSA) is 29.3 Å². The number of hydrogen-bond acceptors (Lipinski definition) is 2. The fourth-order valence-corrected chi connectivity index (χ4v) is 2.62. The molecule has 2 aromatic rings. The fraction of sp³-hybridized carbons (Fsp3) is 0.294. The van der Waals surface area contributed by atoms with E-state index in [0.29, 0.717) is 6.54 Å². The number of anilines is 1. The van der Waals surface area contributed by atoms with E-state index in [9.17, 15) is 0 Å². The van der Waals surface area contributed by atoms with Crippen molar-refractivity contribution in [2.45, 2.75) is 19.4 Å². The van der Waals surface area contributed by atoms with Crippen LogP contribution in [0.2, 0.25) is 5.02 Å². The molecular formula is C17H21ClN2. The molecule has 0 aromatic heterocycles. The molecule has 0 fully saturated rings. The molecule has 0 spiro atoms. The van der Waals surface area contributed by atoms with E-state index in [1.54, 1.807) is 0 Å². The first kappa shape index (κ1) is 14.9. The Morgan fingerprint density at radius 1 is 1.15 bits per heavy atom. The van der Waals surface area contributed by atoms with E-state index in [1.165, 1.54) is 16.8 Å². The first-order valence-corrected chi connectivity index (χ1v) is 7.27. The molecular weight excluding hydrogens is 268 g/mol. The van der Waals surface area contributed by atoms with Crippen molar-refractivity contribution in [3.05, 3.63) is 64.7 Å². The molecule has 0 aliphatic heterocycles. The van der Waals surface area contributed by atoms with Crippen LogP contribution in [0.15, 0.2) is 48.5 Å². The lowest BCUT2D eigenvalue weighted by Crippen LogP contribution is -2.23. The molecule has 3 heteroatoms. The molecule has 0 radical (unpaired) electrons. The van der Waals surface area contributed by atoms with Crippen LogP contribution in [0.25, 0.3) is 0 Å². The minimum absolute atomic E-state index is 0.257. The Kier molecular flexibility index (Phi) is 5.05. The Hall–Kier alpha value is -1.51. The zero-order chi connectivity index (χ0) is 14.5. The minimum atomic E-state index is 0.257. The standard InChI is InChI=1S/C17H21ClN2/c1-13(15-7-5-8-16(18)12-15)20(2)17-9-4-3-6-14(17)10-11-19/h3-9,12-13H,10-11,19H2,1-2H3. The van der Waals surface area contributed by atoms with Crippen LogP contribution in [0.4, 0.5) is 5.69 Å². The van der Waals surface area contributed by atoms with Gasteiger partial charge in [0.1, 0.15) is 0 Å². The number of rotatable bonds is 5. The summed E-state index contributed by atoms with van der Waals surface area (Å²) in [6.45, 7) is 2.85. The Bertz CT molecular complexity index is 568. The van der Waals surface area contributed by atoms with Crippen LogP contribution in [-0.2, 0) is 6.42 Å². The molecule has 2 nitrogen and oxygen atoms in total. The van der Waals surface area contributed by atoms with Gasteiger partial charge in [0.2, 0.25) is 0 Å². The number of hydrogen-bond donors (Lipinski definition) is 1. The molecule has 2 rings (SSSR count). The number of benzene rings is 2. The molecule has 2 aromatic carbocycles. The molecule has 0 heterocycles. The van der Waals surface area contributed by atoms with Crippen molar-refractivity contribution in [3.8, 4) is 0 Å². The molecule has 0 saturated heterocycles. The zero-order valence-electron chi connectivity index (χ0n) is 12.0. The van der Waals surface area contributed by atoms with Gasteiger partial charge >= 0.3 is 0 Å². The molecule has 0 aliphatic carbocycles. The molecule has 0 aliphatic rings. The van der Waals surface area contributed by atoms with Gasteiger partial charge in [-0.1, -0.05) is 41.9 Å².